The van der Waals surface area contributed by atoms with Crippen LogP contribution < -0.4 is 16.0 Å². The molecule has 108 valence electrons. The SMILES string of the molecule is CCOC(=O)c1cc(N)ccc1N1CCNC(=O)CC1. The third-order valence-corrected chi connectivity index (χ3v) is 3.17. The van der Waals surface area contributed by atoms with Gasteiger partial charge in [-0.3, -0.25) is 4.79 Å². The maximum absolute atomic E-state index is 12.0. The molecule has 0 aliphatic carbocycles. The molecule has 3 N–H and O–H groups in total. The number of nitrogens with zero attached hydrogens (tertiary/aromatic N) is 1. The van der Waals surface area contributed by atoms with Crippen molar-refractivity contribution in [1.82, 2.24) is 5.32 Å². The standard InChI is InChI=1S/C14H19N3O3/c1-2-20-14(19)11-9-10(15)3-4-12(11)17-7-5-13(18)16-6-8-17/h3-4,9H,2,5-8,15H2,1H3,(H,16,18). The fraction of sp³-hybridized carbons (Fsp3) is 0.429. The minimum atomic E-state index is -0.390. The molecular formula is C14H19N3O3. The van der Waals surface area contributed by atoms with Gasteiger partial charge in [0.2, 0.25) is 5.91 Å². The molecule has 1 aliphatic rings. The van der Waals surface area contributed by atoms with Crippen molar-refractivity contribution in [1.29, 1.82) is 0 Å². The second-order valence-corrected chi connectivity index (χ2v) is 4.58. The second kappa shape index (κ2) is 6.27. The number of ether oxygens (including phenoxy) is 1. The molecule has 0 unspecified atom stereocenters. The van der Waals surface area contributed by atoms with E-state index in [-0.39, 0.29) is 5.91 Å². The number of nitrogens with two attached hydrogens (primary N) is 1. The van der Waals surface area contributed by atoms with Gasteiger partial charge in [-0.1, -0.05) is 0 Å². The van der Waals surface area contributed by atoms with Crippen molar-refractivity contribution in [3.8, 4) is 0 Å². The Morgan fingerprint density at radius 1 is 1.45 bits per heavy atom. The van der Waals surface area contributed by atoms with Crippen molar-refractivity contribution in [2.75, 3.05) is 36.9 Å². The van der Waals surface area contributed by atoms with Gasteiger partial charge in [0, 0.05) is 31.7 Å². The Bertz CT molecular complexity index is 516. The highest BCUT2D eigenvalue weighted by Crippen LogP contribution is 2.24. The van der Waals surface area contributed by atoms with Gasteiger partial charge in [-0.15, -0.1) is 0 Å². The van der Waals surface area contributed by atoms with Crippen LogP contribution in [0.2, 0.25) is 0 Å². The van der Waals surface area contributed by atoms with Crippen LogP contribution in [0.3, 0.4) is 0 Å². The lowest BCUT2D eigenvalue weighted by molar-refractivity contribution is -0.120. The summed E-state index contributed by atoms with van der Waals surface area (Å²) < 4.78 is 5.06. The van der Waals surface area contributed by atoms with Crippen LogP contribution in [0.4, 0.5) is 11.4 Å². The molecule has 1 aromatic carbocycles. The van der Waals surface area contributed by atoms with Crippen LogP contribution in [0.25, 0.3) is 0 Å². The molecule has 0 atom stereocenters. The monoisotopic (exact) mass is 277 g/mol. The number of hydrogen-bond acceptors (Lipinski definition) is 5. The van der Waals surface area contributed by atoms with E-state index in [1.54, 1.807) is 25.1 Å². The molecule has 1 fully saturated rings. The van der Waals surface area contributed by atoms with E-state index in [1.165, 1.54) is 0 Å². The van der Waals surface area contributed by atoms with E-state index in [0.717, 1.165) is 5.69 Å². The molecule has 1 saturated heterocycles. The molecule has 1 aromatic rings. The van der Waals surface area contributed by atoms with Gasteiger partial charge in [-0.2, -0.15) is 0 Å². The lowest BCUT2D eigenvalue weighted by Crippen LogP contribution is -2.29. The number of esters is 1. The van der Waals surface area contributed by atoms with Gasteiger partial charge in [0.15, 0.2) is 0 Å². The van der Waals surface area contributed by atoms with E-state index in [1.807, 2.05) is 4.90 Å². The average molecular weight is 277 g/mol. The van der Waals surface area contributed by atoms with E-state index in [2.05, 4.69) is 5.32 Å². The van der Waals surface area contributed by atoms with Crippen LogP contribution in [0, 0.1) is 0 Å². The smallest absolute Gasteiger partial charge is 0.340 e. The predicted molar refractivity (Wildman–Crippen MR) is 76.7 cm³/mol. The van der Waals surface area contributed by atoms with Gasteiger partial charge in [0.05, 0.1) is 17.9 Å². The summed E-state index contributed by atoms with van der Waals surface area (Å²) >= 11 is 0. The van der Waals surface area contributed by atoms with Crippen LogP contribution in [-0.4, -0.2) is 38.1 Å². The first-order valence-electron chi connectivity index (χ1n) is 6.70. The van der Waals surface area contributed by atoms with Crippen molar-refractivity contribution < 1.29 is 14.3 Å². The number of rotatable bonds is 3. The van der Waals surface area contributed by atoms with Crippen molar-refractivity contribution >= 4 is 23.3 Å². The topological polar surface area (TPSA) is 84.7 Å². The summed E-state index contributed by atoms with van der Waals surface area (Å²) in [5.74, 6) is -0.362. The first-order chi connectivity index (χ1) is 9.61. The molecule has 6 heteroatoms. The lowest BCUT2D eigenvalue weighted by atomic mass is 10.1. The minimum absolute atomic E-state index is 0.0284. The fourth-order valence-corrected chi connectivity index (χ4v) is 2.21. The Morgan fingerprint density at radius 3 is 3.00 bits per heavy atom. The quantitative estimate of drug-likeness (QED) is 0.630. The van der Waals surface area contributed by atoms with E-state index >= 15 is 0 Å². The number of nitrogens with one attached hydrogen (secondary N) is 1. The highest BCUT2D eigenvalue weighted by atomic mass is 16.5. The molecule has 0 spiro atoms. The van der Waals surface area contributed by atoms with Gasteiger partial charge < -0.3 is 20.7 Å². The second-order valence-electron chi connectivity index (χ2n) is 4.58. The molecule has 20 heavy (non-hydrogen) atoms. The molecule has 1 amide bonds. The van der Waals surface area contributed by atoms with Gasteiger partial charge in [0.25, 0.3) is 0 Å². The third-order valence-electron chi connectivity index (χ3n) is 3.17. The van der Waals surface area contributed by atoms with Crippen molar-refractivity contribution in [2.45, 2.75) is 13.3 Å². The van der Waals surface area contributed by atoms with Crippen molar-refractivity contribution in [3.05, 3.63) is 23.8 Å². The molecule has 2 rings (SSSR count). The highest BCUT2D eigenvalue weighted by molar-refractivity contribution is 5.97. The van der Waals surface area contributed by atoms with Gasteiger partial charge in [0.1, 0.15) is 0 Å². The number of carbonyl (C=O) groups is 2. The van der Waals surface area contributed by atoms with Crippen LogP contribution in [-0.2, 0) is 9.53 Å². The molecule has 0 saturated carbocycles. The Labute approximate surface area is 117 Å². The Hall–Kier alpha value is -2.24. The largest absolute Gasteiger partial charge is 0.462 e. The third kappa shape index (κ3) is 3.20. The molecule has 0 aromatic heterocycles. The highest BCUT2D eigenvalue weighted by Gasteiger charge is 2.20. The van der Waals surface area contributed by atoms with Gasteiger partial charge >= 0.3 is 5.97 Å². The maximum atomic E-state index is 12.0. The molecule has 0 radical (unpaired) electrons. The number of carbonyl (C=O) groups excluding carboxylic acids is 2. The van der Waals surface area contributed by atoms with Crippen LogP contribution in [0.1, 0.15) is 23.7 Å². The minimum Gasteiger partial charge on any atom is -0.462 e. The Morgan fingerprint density at radius 2 is 2.25 bits per heavy atom. The van der Waals surface area contributed by atoms with E-state index in [9.17, 15) is 9.59 Å². The zero-order valence-electron chi connectivity index (χ0n) is 11.5. The summed E-state index contributed by atoms with van der Waals surface area (Å²) in [5.41, 5.74) is 7.47. The van der Waals surface area contributed by atoms with Gasteiger partial charge in [-0.25, -0.2) is 4.79 Å². The first-order valence-corrected chi connectivity index (χ1v) is 6.70. The predicted octanol–water partition coefficient (Wildman–Crippen LogP) is 0.772. The van der Waals surface area contributed by atoms with E-state index in [4.69, 9.17) is 10.5 Å². The number of nitrogen functional groups attached to an aromatic ring is 1. The lowest BCUT2D eigenvalue weighted by Gasteiger charge is -2.24. The average Bonchev–Trinajstić information content (AvgIpc) is 2.64. The molecule has 1 aliphatic heterocycles. The number of amides is 1. The molecule has 0 bridgehead atoms. The van der Waals surface area contributed by atoms with E-state index < -0.39 is 5.97 Å². The summed E-state index contributed by atoms with van der Waals surface area (Å²) in [7, 11) is 0. The summed E-state index contributed by atoms with van der Waals surface area (Å²) in [6, 6.07) is 5.17. The normalized spacial score (nSPS) is 15.4. The summed E-state index contributed by atoms with van der Waals surface area (Å²) in [6.07, 6.45) is 0.409. The summed E-state index contributed by atoms with van der Waals surface area (Å²) in [4.78, 5) is 25.4. The number of anilines is 2. The first kappa shape index (κ1) is 14.2. The van der Waals surface area contributed by atoms with Crippen LogP contribution >= 0.6 is 0 Å². The fourth-order valence-electron chi connectivity index (χ4n) is 2.21. The molecule has 6 nitrogen and oxygen atoms in total. The van der Waals surface area contributed by atoms with Crippen molar-refractivity contribution in [3.63, 3.8) is 0 Å². The summed E-state index contributed by atoms with van der Waals surface area (Å²) in [6.45, 7) is 3.86. The van der Waals surface area contributed by atoms with Crippen LogP contribution in [0.15, 0.2) is 18.2 Å². The van der Waals surface area contributed by atoms with Gasteiger partial charge in [-0.05, 0) is 25.1 Å². The number of hydrogen-bond donors (Lipinski definition) is 2. The zero-order chi connectivity index (χ0) is 14.5. The summed E-state index contributed by atoms with van der Waals surface area (Å²) in [5, 5.41) is 2.81. The molecular weight excluding hydrogens is 258 g/mol. The van der Waals surface area contributed by atoms with Crippen molar-refractivity contribution in [2.24, 2.45) is 0 Å². The number of benzene rings is 1. The van der Waals surface area contributed by atoms with Crippen LogP contribution in [0.5, 0.6) is 0 Å². The Balaban J connectivity index is 2.30. The molecule has 1 heterocycles. The zero-order valence-corrected chi connectivity index (χ0v) is 11.5. The Kier molecular flexibility index (Phi) is 4.45. The van der Waals surface area contributed by atoms with E-state index in [0.29, 0.717) is 43.9 Å². The maximum Gasteiger partial charge on any atom is 0.340 e.